The van der Waals surface area contributed by atoms with Crippen LogP contribution >= 0.6 is 15.9 Å². The fraction of sp³-hybridized carbons (Fsp3) is 0.364. The van der Waals surface area contributed by atoms with Crippen LogP contribution in [-0.4, -0.2) is 19.7 Å². The summed E-state index contributed by atoms with van der Waals surface area (Å²) in [5, 5.41) is 0. The Labute approximate surface area is 96.5 Å². The smallest absolute Gasteiger partial charge is 0.306 e. The molecule has 0 bridgehead atoms. The lowest BCUT2D eigenvalue weighted by Gasteiger charge is -2.06. The number of halogens is 1. The van der Waals surface area contributed by atoms with Gasteiger partial charge in [-0.15, -0.1) is 0 Å². The van der Waals surface area contributed by atoms with Gasteiger partial charge in [-0.2, -0.15) is 0 Å². The van der Waals surface area contributed by atoms with E-state index in [0.717, 1.165) is 15.8 Å². The molecule has 4 heteroatoms. The summed E-state index contributed by atoms with van der Waals surface area (Å²) in [7, 11) is 1.40. The van der Waals surface area contributed by atoms with Gasteiger partial charge in [0.05, 0.1) is 20.1 Å². The average Bonchev–Trinajstić information content (AvgIpc) is 2.60. The predicted octanol–water partition coefficient (Wildman–Crippen LogP) is 2.49. The van der Waals surface area contributed by atoms with Crippen molar-refractivity contribution in [2.45, 2.75) is 12.3 Å². The van der Waals surface area contributed by atoms with E-state index in [9.17, 15) is 4.79 Å². The van der Waals surface area contributed by atoms with Gasteiger partial charge in [-0.25, -0.2) is 0 Å². The molecule has 0 saturated heterocycles. The Morgan fingerprint density at radius 1 is 1.67 bits per heavy atom. The third-order valence-corrected chi connectivity index (χ3v) is 2.99. The molecule has 0 radical (unpaired) electrons. The minimum atomic E-state index is -0.195. The highest BCUT2D eigenvalue weighted by atomic mass is 79.9. The van der Waals surface area contributed by atoms with Crippen LogP contribution in [0, 0.1) is 0 Å². The second-order valence-corrected chi connectivity index (χ2v) is 4.39. The maximum atomic E-state index is 11.2. The van der Waals surface area contributed by atoms with E-state index in [2.05, 4.69) is 20.7 Å². The van der Waals surface area contributed by atoms with Crippen molar-refractivity contribution in [2.75, 3.05) is 13.7 Å². The van der Waals surface area contributed by atoms with Gasteiger partial charge in [-0.3, -0.25) is 4.79 Å². The number of benzene rings is 1. The SMILES string of the molecule is COC(=O)CC1COc2cc(Br)ccc21. The number of hydrogen-bond acceptors (Lipinski definition) is 3. The summed E-state index contributed by atoms with van der Waals surface area (Å²) in [6.45, 7) is 0.556. The summed E-state index contributed by atoms with van der Waals surface area (Å²) in [4.78, 5) is 11.2. The Hall–Kier alpha value is -1.03. The number of carbonyl (C=O) groups is 1. The van der Waals surface area contributed by atoms with E-state index in [-0.39, 0.29) is 11.9 Å². The van der Waals surface area contributed by atoms with Gasteiger partial charge < -0.3 is 9.47 Å². The molecule has 2 rings (SSSR count). The summed E-state index contributed by atoms with van der Waals surface area (Å²) >= 11 is 3.38. The van der Waals surface area contributed by atoms with Crippen molar-refractivity contribution in [1.29, 1.82) is 0 Å². The highest BCUT2D eigenvalue weighted by molar-refractivity contribution is 9.10. The summed E-state index contributed by atoms with van der Waals surface area (Å²) in [5.74, 6) is 0.790. The quantitative estimate of drug-likeness (QED) is 0.775. The lowest BCUT2D eigenvalue weighted by atomic mass is 9.98. The van der Waals surface area contributed by atoms with Gasteiger partial charge in [0, 0.05) is 16.0 Å². The highest BCUT2D eigenvalue weighted by Crippen LogP contribution is 2.37. The van der Waals surface area contributed by atoms with Crippen LogP contribution in [0.15, 0.2) is 22.7 Å². The third kappa shape index (κ3) is 2.15. The minimum absolute atomic E-state index is 0.126. The standard InChI is InChI=1S/C11H11BrO3/c1-14-11(13)4-7-6-15-10-5-8(12)2-3-9(7)10/h2-3,5,7H,4,6H2,1H3. The molecule has 0 saturated carbocycles. The van der Waals surface area contributed by atoms with E-state index < -0.39 is 0 Å². The van der Waals surface area contributed by atoms with Crippen LogP contribution in [0.3, 0.4) is 0 Å². The zero-order valence-electron chi connectivity index (χ0n) is 8.33. The van der Waals surface area contributed by atoms with Crippen molar-refractivity contribution in [3.05, 3.63) is 28.2 Å². The molecule has 3 nitrogen and oxygen atoms in total. The Morgan fingerprint density at radius 2 is 2.47 bits per heavy atom. The van der Waals surface area contributed by atoms with Crippen molar-refractivity contribution < 1.29 is 14.3 Å². The summed E-state index contributed by atoms with van der Waals surface area (Å²) in [6.07, 6.45) is 0.380. The van der Waals surface area contributed by atoms with Crippen molar-refractivity contribution in [2.24, 2.45) is 0 Å². The normalized spacial score (nSPS) is 18.1. The number of rotatable bonds is 2. The van der Waals surface area contributed by atoms with Crippen LogP contribution < -0.4 is 4.74 Å². The van der Waals surface area contributed by atoms with Crippen LogP contribution in [-0.2, 0) is 9.53 Å². The lowest BCUT2D eigenvalue weighted by molar-refractivity contribution is -0.141. The maximum absolute atomic E-state index is 11.2. The molecule has 1 atom stereocenters. The van der Waals surface area contributed by atoms with Gasteiger partial charge >= 0.3 is 5.97 Å². The second-order valence-electron chi connectivity index (χ2n) is 3.47. The van der Waals surface area contributed by atoms with Crippen LogP contribution in [0.1, 0.15) is 17.9 Å². The molecule has 0 N–H and O–H groups in total. The first kappa shape index (κ1) is 10.5. The van der Waals surface area contributed by atoms with Gasteiger partial charge in [-0.1, -0.05) is 22.0 Å². The molecule has 80 valence electrons. The number of carbonyl (C=O) groups excluding carboxylic acids is 1. The lowest BCUT2D eigenvalue weighted by Crippen LogP contribution is -2.09. The van der Waals surface area contributed by atoms with Crippen molar-refractivity contribution >= 4 is 21.9 Å². The van der Waals surface area contributed by atoms with Gasteiger partial charge in [0.2, 0.25) is 0 Å². The molecule has 15 heavy (non-hydrogen) atoms. The first-order chi connectivity index (χ1) is 7.20. The van der Waals surface area contributed by atoms with Crippen LogP contribution in [0.25, 0.3) is 0 Å². The fourth-order valence-electron chi connectivity index (χ4n) is 1.70. The third-order valence-electron chi connectivity index (χ3n) is 2.50. The largest absolute Gasteiger partial charge is 0.493 e. The number of methoxy groups -OCH3 is 1. The van der Waals surface area contributed by atoms with Crippen molar-refractivity contribution in [3.63, 3.8) is 0 Å². The predicted molar refractivity (Wildman–Crippen MR) is 59.0 cm³/mol. The summed E-state index contributed by atoms with van der Waals surface area (Å²) in [6, 6.07) is 5.87. The molecule has 0 aromatic heterocycles. The van der Waals surface area contributed by atoms with E-state index in [1.807, 2.05) is 18.2 Å². The highest BCUT2D eigenvalue weighted by Gasteiger charge is 2.26. The van der Waals surface area contributed by atoms with E-state index in [4.69, 9.17) is 4.74 Å². The first-order valence-electron chi connectivity index (χ1n) is 4.70. The monoisotopic (exact) mass is 270 g/mol. The van der Waals surface area contributed by atoms with Gasteiger partial charge in [0.1, 0.15) is 5.75 Å². The molecule has 1 aromatic rings. The molecule has 0 aliphatic carbocycles. The molecule has 1 heterocycles. The number of hydrogen-bond donors (Lipinski definition) is 0. The van der Waals surface area contributed by atoms with E-state index in [0.29, 0.717) is 13.0 Å². The Balaban J connectivity index is 2.18. The zero-order valence-corrected chi connectivity index (χ0v) is 9.91. The number of esters is 1. The Morgan fingerprint density at radius 3 is 3.20 bits per heavy atom. The average molecular weight is 271 g/mol. The molecule has 1 unspecified atom stereocenters. The molecule has 0 spiro atoms. The molecule has 1 aliphatic heterocycles. The van der Waals surface area contributed by atoms with Crippen molar-refractivity contribution in [3.8, 4) is 5.75 Å². The summed E-state index contributed by atoms with van der Waals surface area (Å²) < 4.78 is 11.1. The van der Waals surface area contributed by atoms with Crippen LogP contribution in [0.5, 0.6) is 5.75 Å². The van der Waals surface area contributed by atoms with E-state index >= 15 is 0 Å². The minimum Gasteiger partial charge on any atom is -0.493 e. The molecule has 1 aliphatic rings. The van der Waals surface area contributed by atoms with Gasteiger partial charge in [-0.05, 0) is 12.1 Å². The molecule has 0 fully saturated rings. The number of fused-ring (bicyclic) bond motifs is 1. The zero-order chi connectivity index (χ0) is 10.8. The Kier molecular flexibility index (Phi) is 2.95. The summed E-state index contributed by atoms with van der Waals surface area (Å²) in [5.41, 5.74) is 1.09. The second kappa shape index (κ2) is 4.23. The first-order valence-corrected chi connectivity index (χ1v) is 5.49. The van der Waals surface area contributed by atoms with Gasteiger partial charge in [0.15, 0.2) is 0 Å². The van der Waals surface area contributed by atoms with Crippen molar-refractivity contribution in [1.82, 2.24) is 0 Å². The van der Waals surface area contributed by atoms with E-state index in [1.54, 1.807) is 0 Å². The fourth-order valence-corrected chi connectivity index (χ4v) is 2.04. The Bertz CT molecular complexity index is 389. The topological polar surface area (TPSA) is 35.5 Å². The van der Waals surface area contributed by atoms with Gasteiger partial charge in [0.25, 0.3) is 0 Å². The molecule has 1 aromatic carbocycles. The number of ether oxygens (including phenoxy) is 2. The molecular formula is C11H11BrO3. The van der Waals surface area contributed by atoms with Crippen LogP contribution in [0.4, 0.5) is 0 Å². The van der Waals surface area contributed by atoms with Crippen LogP contribution in [0.2, 0.25) is 0 Å². The molecule has 0 amide bonds. The van der Waals surface area contributed by atoms with E-state index in [1.165, 1.54) is 7.11 Å². The maximum Gasteiger partial charge on any atom is 0.306 e. The molecular weight excluding hydrogens is 260 g/mol.